The third kappa shape index (κ3) is 9.00. The van der Waals surface area contributed by atoms with Crippen LogP contribution in [0.3, 0.4) is 0 Å². The second-order valence-corrected chi connectivity index (χ2v) is 6.94. The first kappa shape index (κ1) is 14.4. The smallest absolute Gasteiger partial charge is 0.0326 e. The molecule has 86 valence electrons. The maximum absolute atomic E-state index is 2.34. The molecule has 0 spiro atoms. The number of rotatable bonds is 10. The maximum atomic E-state index is 2.34. The van der Waals surface area contributed by atoms with E-state index in [4.69, 9.17) is 0 Å². The second kappa shape index (κ2) is 11.5. The van der Waals surface area contributed by atoms with Crippen molar-refractivity contribution >= 4 is 7.92 Å². The Balaban J connectivity index is 3.40. The zero-order valence-corrected chi connectivity index (χ0v) is 11.4. The lowest BCUT2D eigenvalue weighted by atomic mass is 10.2. The van der Waals surface area contributed by atoms with Gasteiger partial charge < -0.3 is 0 Å². The van der Waals surface area contributed by atoms with Gasteiger partial charge in [-0.3, -0.25) is 0 Å². The standard InChI is InChI=1S/C13H29P/c1-4-7-9-10-13-14(11-6-3)12-8-5-2/h4-13H2,1-3H3. The molecule has 0 fully saturated rings. The minimum absolute atomic E-state index is 0.417. The van der Waals surface area contributed by atoms with Gasteiger partial charge in [-0.05, 0) is 31.3 Å². The first-order chi connectivity index (χ1) is 6.85. The molecule has 0 aromatic rings. The molecular formula is C13H29P. The van der Waals surface area contributed by atoms with Crippen LogP contribution >= 0.6 is 7.92 Å². The zero-order chi connectivity index (χ0) is 10.6. The van der Waals surface area contributed by atoms with E-state index in [9.17, 15) is 0 Å². The molecule has 0 saturated carbocycles. The highest BCUT2D eigenvalue weighted by molar-refractivity contribution is 7.57. The average molecular weight is 216 g/mol. The summed E-state index contributed by atoms with van der Waals surface area (Å²) < 4.78 is 0. The molecular weight excluding hydrogens is 187 g/mol. The summed E-state index contributed by atoms with van der Waals surface area (Å²) in [5.74, 6) is 0. The highest BCUT2D eigenvalue weighted by atomic mass is 31.1. The molecule has 0 nitrogen and oxygen atoms in total. The van der Waals surface area contributed by atoms with Crippen LogP contribution in [0.2, 0.25) is 0 Å². The second-order valence-electron chi connectivity index (χ2n) is 4.26. The lowest BCUT2D eigenvalue weighted by Gasteiger charge is -2.16. The third-order valence-electron chi connectivity index (χ3n) is 2.70. The van der Waals surface area contributed by atoms with Crippen LogP contribution in [-0.2, 0) is 0 Å². The van der Waals surface area contributed by atoms with Crippen molar-refractivity contribution in [2.75, 3.05) is 18.5 Å². The van der Waals surface area contributed by atoms with Crippen molar-refractivity contribution in [3.05, 3.63) is 0 Å². The SMILES string of the molecule is CCCCCCP(CCC)CCCC. The van der Waals surface area contributed by atoms with Crippen LogP contribution in [-0.4, -0.2) is 18.5 Å². The van der Waals surface area contributed by atoms with Gasteiger partial charge in [0.25, 0.3) is 0 Å². The van der Waals surface area contributed by atoms with Crippen LogP contribution in [0.1, 0.15) is 65.7 Å². The van der Waals surface area contributed by atoms with E-state index in [0.717, 1.165) is 0 Å². The molecule has 1 heteroatoms. The lowest BCUT2D eigenvalue weighted by Crippen LogP contribution is -1.95. The predicted molar refractivity (Wildman–Crippen MR) is 70.9 cm³/mol. The minimum Gasteiger partial charge on any atom is -0.107 e. The number of hydrogen-bond donors (Lipinski definition) is 0. The van der Waals surface area contributed by atoms with Gasteiger partial charge in [-0.25, -0.2) is 0 Å². The Morgan fingerprint density at radius 2 is 1.21 bits per heavy atom. The van der Waals surface area contributed by atoms with E-state index in [2.05, 4.69) is 20.8 Å². The summed E-state index contributed by atoms with van der Waals surface area (Å²) in [6.45, 7) is 6.95. The Labute approximate surface area is 92.6 Å². The van der Waals surface area contributed by atoms with Crippen LogP contribution < -0.4 is 0 Å². The molecule has 0 radical (unpaired) electrons. The fourth-order valence-corrected chi connectivity index (χ4v) is 4.53. The zero-order valence-electron chi connectivity index (χ0n) is 10.5. The van der Waals surface area contributed by atoms with Gasteiger partial charge in [-0.2, -0.15) is 0 Å². The summed E-state index contributed by atoms with van der Waals surface area (Å²) in [5, 5.41) is 0. The Morgan fingerprint density at radius 3 is 1.79 bits per heavy atom. The first-order valence-electron chi connectivity index (χ1n) is 6.57. The summed E-state index contributed by atoms with van der Waals surface area (Å²) in [4.78, 5) is 0. The molecule has 0 heterocycles. The molecule has 0 aliphatic carbocycles. The van der Waals surface area contributed by atoms with E-state index in [1.165, 1.54) is 51.1 Å². The Kier molecular flexibility index (Phi) is 11.9. The Hall–Kier alpha value is 0.430. The third-order valence-corrected chi connectivity index (χ3v) is 5.67. The average Bonchev–Trinajstić information content (AvgIpc) is 2.20. The van der Waals surface area contributed by atoms with Gasteiger partial charge in [0.15, 0.2) is 0 Å². The van der Waals surface area contributed by atoms with E-state index >= 15 is 0 Å². The quantitative estimate of drug-likeness (QED) is 0.345. The van der Waals surface area contributed by atoms with E-state index in [1.807, 2.05) is 0 Å². The van der Waals surface area contributed by atoms with Gasteiger partial charge in [0.2, 0.25) is 0 Å². The van der Waals surface area contributed by atoms with Crippen molar-refractivity contribution in [2.24, 2.45) is 0 Å². The number of hydrogen-bond acceptors (Lipinski definition) is 0. The van der Waals surface area contributed by atoms with Crippen LogP contribution in [0.4, 0.5) is 0 Å². The van der Waals surface area contributed by atoms with Crippen molar-refractivity contribution in [1.29, 1.82) is 0 Å². The van der Waals surface area contributed by atoms with Gasteiger partial charge in [0.1, 0.15) is 0 Å². The van der Waals surface area contributed by atoms with Crippen molar-refractivity contribution in [3.63, 3.8) is 0 Å². The van der Waals surface area contributed by atoms with Crippen molar-refractivity contribution in [1.82, 2.24) is 0 Å². The lowest BCUT2D eigenvalue weighted by molar-refractivity contribution is 0.703. The predicted octanol–water partition coefficient (Wildman–Crippen LogP) is 5.26. The maximum Gasteiger partial charge on any atom is -0.0326 e. The van der Waals surface area contributed by atoms with Crippen molar-refractivity contribution in [3.8, 4) is 0 Å². The van der Waals surface area contributed by atoms with E-state index in [-0.39, 0.29) is 0 Å². The van der Waals surface area contributed by atoms with Crippen LogP contribution in [0.5, 0.6) is 0 Å². The molecule has 14 heavy (non-hydrogen) atoms. The molecule has 1 unspecified atom stereocenters. The molecule has 0 aliphatic heterocycles. The molecule has 1 atom stereocenters. The highest BCUT2D eigenvalue weighted by Crippen LogP contribution is 2.38. The van der Waals surface area contributed by atoms with Gasteiger partial charge in [-0.1, -0.05) is 52.9 Å². The fourth-order valence-electron chi connectivity index (χ4n) is 1.80. The van der Waals surface area contributed by atoms with Crippen molar-refractivity contribution in [2.45, 2.75) is 65.7 Å². The van der Waals surface area contributed by atoms with Gasteiger partial charge in [-0.15, -0.1) is 7.92 Å². The van der Waals surface area contributed by atoms with E-state index in [1.54, 1.807) is 12.3 Å². The molecule has 0 rings (SSSR count). The minimum atomic E-state index is 0.417. The van der Waals surface area contributed by atoms with Crippen LogP contribution in [0, 0.1) is 0 Å². The first-order valence-corrected chi connectivity index (χ1v) is 8.47. The van der Waals surface area contributed by atoms with Gasteiger partial charge in [0, 0.05) is 0 Å². The van der Waals surface area contributed by atoms with E-state index < -0.39 is 0 Å². The molecule has 0 bridgehead atoms. The summed E-state index contributed by atoms with van der Waals surface area (Å²) >= 11 is 0. The molecule has 0 N–H and O–H groups in total. The topological polar surface area (TPSA) is 0 Å². The van der Waals surface area contributed by atoms with Gasteiger partial charge in [0.05, 0.1) is 0 Å². The summed E-state index contributed by atoms with van der Waals surface area (Å²) in [7, 11) is 0.417. The summed E-state index contributed by atoms with van der Waals surface area (Å²) in [6.07, 6.45) is 14.7. The normalized spacial score (nSPS) is 13.1. The Bertz CT molecular complexity index is 101. The Morgan fingerprint density at radius 1 is 0.571 bits per heavy atom. The molecule has 0 aromatic carbocycles. The van der Waals surface area contributed by atoms with Crippen molar-refractivity contribution < 1.29 is 0 Å². The molecule has 0 aromatic heterocycles. The fraction of sp³-hybridized carbons (Fsp3) is 1.00. The monoisotopic (exact) mass is 216 g/mol. The van der Waals surface area contributed by atoms with Gasteiger partial charge >= 0.3 is 0 Å². The van der Waals surface area contributed by atoms with Crippen LogP contribution in [0.25, 0.3) is 0 Å². The summed E-state index contributed by atoms with van der Waals surface area (Å²) in [6, 6.07) is 0. The molecule has 0 aliphatic rings. The van der Waals surface area contributed by atoms with E-state index in [0.29, 0.717) is 7.92 Å². The summed E-state index contributed by atoms with van der Waals surface area (Å²) in [5.41, 5.74) is 0. The van der Waals surface area contributed by atoms with Crippen LogP contribution in [0.15, 0.2) is 0 Å². The molecule has 0 amide bonds. The largest absolute Gasteiger partial charge is 0.107 e. The molecule has 0 saturated heterocycles. The number of unbranched alkanes of at least 4 members (excludes halogenated alkanes) is 4. The highest BCUT2D eigenvalue weighted by Gasteiger charge is 2.05.